The van der Waals surface area contributed by atoms with E-state index in [1.165, 1.54) is 0 Å². The number of benzene rings is 3. The molecule has 0 aliphatic heterocycles. The summed E-state index contributed by atoms with van der Waals surface area (Å²) in [7, 11) is -3.77. The van der Waals surface area contributed by atoms with E-state index in [2.05, 4.69) is 18.8 Å². The maximum Gasteiger partial charge on any atom is 0.214 e. The molecule has 0 N–H and O–H groups in total. The van der Waals surface area contributed by atoms with Crippen LogP contribution in [-0.2, 0) is 9.84 Å². The van der Waals surface area contributed by atoms with E-state index in [-0.39, 0.29) is 9.80 Å². The molecule has 0 spiro atoms. The van der Waals surface area contributed by atoms with E-state index in [9.17, 15) is 8.42 Å². The topological polar surface area (TPSA) is 34.1 Å². The SMILES string of the molecule is CCCCC/C(=C(/C#Cc1ccccc1)S(=O)(=O)c1ccc(C)cc1)c1ccccc1. The third-order valence-corrected chi connectivity index (χ3v) is 6.90. The fraction of sp³-hybridized carbons (Fsp3) is 0.214. The van der Waals surface area contributed by atoms with E-state index in [0.29, 0.717) is 6.42 Å². The zero-order chi connectivity index (χ0) is 22.1. The number of hydrogen-bond donors (Lipinski definition) is 0. The first-order valence-electron chi connectivity index (χ1n) is 10.7. The summed E-state index contributed by atoms with van der Waals surface area (Å²) in [6.45, 7) is 4.09. The van der Waals surface area contributed by atoms with Crippen LogP contribution in [0.5, 0.6) is 0 Å². The molecule has 0 radical (unpaired) electrons. The van der Waals surface area contributed by atoms with E-state index >= 15 is 0 Å². The first-order chi connectivity index (χ1) is 15.0. The smallest absolute Gasteiger partial charge is 0.214 e. The van der Waals surface area contributed by atoms with Crippen LogP contribution in [0.25, 0.3) is 5.57 Å². The van der Waals surface area contributed by atoms with Crippen LogP contribution >= 0.6 is 0 Å². The molecule has 0 fully saturated rings. The van der Waals surface area contributed by atoms with E-state index in [1.54, 1.807) is 12.1 Å². The Morgan fingerprint density at radius 3 is 2.03 bits per heavy atom. The van der Waals surface area contributed by atoms with Crippen molar-refractivity contribution >= 4 is 15.4 Å². The van der Waals surface area contributed by atoms with Crippen molar-refractivity contribution in [3.05, 3.63) is 107 Å². The minimum atomic E-state index is -3.77. The first kappa shape index (κ1) is 22.6. The van der Waals surface area contributed by atoms with Gasteiger partial charge in [0.15, 0.2) is 0 Å². The van der Waals surface area contributed by atoms with Gasteiger partial charge in [0.2, 0.25) is 9.84 Å². The molecule has 0 atom stereocenters. The van der Waals surface area contributed by atoms with Gasteiger partial charge in [-0.15, -0.1) is 0 Å². The van der Waals surface area contributed by atoms with Gasteiger partial charge in [-0.3, -0.25) is 0 Å². The van der Waals surface area contributed by atoms with Crippen molar-refractivity contribution in [1.29, 1.82) is 0 Å². The number of allylic oxidation sites excluding steroid dienone is 2. The highest BCUT2D eigenvalue weighted by Gasteiger charge is 2.24. The van der Waals surface area contributed by atoms with Crippen LogP contribution in [0.4, 0.5) is 0 Å². The fourth-order valence-electron chi connectivity index (χ4n) is 3.37. The van der Waals surface area contributed by atoms with E-state index in [1.807, 2.05) is 79.7 Å². The van der Waals surface area contributed by atoms with Crippen LogP contribution in [-0.4, -0.2) is 8.42 Å². The zero-order valence-corrected chi connectivity index (χ0v) is 19.0. The number of sulfone groups is 1. The largest absolute Gasteiger partial charge is 0.218 e. The maximum atomic E-state index is 13.8. The lowest BCUT2D eigenvalue weighted by Gasteiger charge is -2.13. The van der Waals surface area contributed by atoms with Crippen molar-refractivity contribution in [3.8, 4) is 11.8 Å². The molecule has 3 heteroatoms. The Labute approximate surface area is 186 Å². The summed E-state index contributed by atoms with van der Waals surface area (Å²) in [5.41, 5.74) is 3.51. The first-order valence-corrected chi connectivity index (χ1v) is 12.2. The Kier molecular flexibility index (Phi) is 7.87. The van der Waals surface area contributed by atoms with Crippen LogP contribution in [0.3, 0.4) is 0 Å². The summed E-state index contributed by atoms with van der Waals surface area (Å²) in [5, 5.41) is 0. The van der Waals surface area contributed by atoms with Crippen molar-refractivity contribution < 1.29 is 8.42 Å². The van der Waals surface area contributed by atoms with E-state index < -0.39 is 9.84 Å². The van der Waals surface area contributed by atoms with Gasteiger partial charge in [0.1, 0.15) is 4.91 Å². The Morgan fingerprint density at radius 2 is 1.42 bits per heavy atom. The third kappa shape index (κ3) is 5.96. The Balaban J connectivity index is 2.23. The predicted molar refractivity (Wildman–Crippen MR) is 129 cm³/mol. The minimum absolute atomic E-state index is 0.197. The molecule has 0 aromatic heterocycles. The molecule has 0 bridgehead atoms. The molecule has 3 aromatic rings. The second-order valence-electron chi connectivity index (χ2n) is 7.56. The molecule has 158 valence electrons. The Morgan fingerprint density at radius 1 is 0.806 bits per heavy atom. The number of unbranched alkanes of at least 4 members (excludes halogenated alkanes) is 2. The van der Waals surface area contributed by atoms with Crippen molar-refractivity contribution in [2.24, 2.45) is 0 Å². The Hall–Kier alpha value is -3.09. The van der Waals surface area contributed by atoms with E-state index in [4.69, 9.17) is 0 Å². The molecular weight excluding hydrogens is 400 g/mol. The molecule has 0 aliphatic carbocycles. The normalized spacial score (nSPS) is 11.9. The molecule has 31 heavy (non-hydrogen) atoms. The predicted octanol–water partition coefficient (Wildman–Crippen LogP) is 6.81. The average Bonchev–Trinajstić information content (AvgIpc) is 2.79. The lowest BCUT2D eigenvalue weighted by atomic mass is 9.99. The summed E-state index contributed by atoms with van der Waals surface area (Å²) < 4.78 is 27.5. The molecule has 0 aliphatic rings. The molecule has 3 rings (SSSR count). The monoisotopic (exact) mass is 428 g/mol. The molecule has 0 heterocycles. The zero-order valence-electron chi connectivity index (χ0n) is 18.1. The second kappa shape index (κ2) is 10.8. The lowest BCUT2D eigenvalue weighted by molar-refractivity contribution is 0.603. The highest BCUT2D eigenvalue weighted by Crippen LogP contribution is 2.31. The third-order valence-electron chi connectivity index (χ3n) is 5.12. The van der Waals surface area contributed by atoms with Gasteiger partial charge >= 0.3 is 0 Å². The summed E-state index contributed by atoms with van der Waals surface area (Å²) in [4.78, 5) is 0.474. The maximum absolute atomic E-state index is 13.8. The van der Waals surface area contributed by atoms with Crippen molar-refractivity contribution in [3.63, 3.8) is 0 Å². The molecular formula is C28H28O2S. The molecule has 3 aromatic carbocycles. The quantitative estimate of drug-likeness (QED) is 0.306. The van der Waals surface area contributed by atoms with Crippen molar-refractivity contribution in [2.45, 2.75) is 44.4 Å². The van der Waals surface area contributed by atoms with Crippen LogP contribution in [0.1, 0.15) is 49.3 Å². The molecule has 2 nitrogen and oxygen atoms in total. The summed E-state index contributed by atoms with van der Waals surface area (Å²) in [6.07, 6.45) is 3.69. The molecule has 0 amide bonds. The lowest BCUT2D eigenvalue weighted by Crippen LogP contribution is -2.07. The van der Waals surface area contributed by atoms with Crippen LogP contribution in [0, 0.1) is 18.8 Å². The number of hydrogen-bond acceptors (Lipinski definition) is 2. The van der Waals surface area contributed by atoms with Gasteiger partial charge in [-0.1, -0.05) is 91.9 Å². The van der Waals surface area contributed by atoms with Crippen LogP contribution in [0.15, 0.2) is 94.7 Å². The van der Waals surface area contributed by atoms with Crippen molar-refractivity contribution in [1.82, 2.24) is 0 Å². The van der Waals surface area contributed by atoms with Crippen molar-refractivity contribution in [2.75, 3.05) is 0 Å². The van der Waals surface area contributed by atoms with Gasteiger partial charge in [0.05, 0.1) is 4.90 Å². The number of aryl methyl sites for hydroxylation is 1. The molecule has 0 saturated heterocycles. The van der Waals surface area contributed by atoms with Gasteiger partial charge in [0.25, 0.3) is 0 Å². The van der Waals surface area contributed by atoms with Gasteiger partial charge in [-0.25, -0.2) is 8.42 Å². The molecule has 0 unspecified atom stereocenters. The summed E-state index contributed by atoms with van der Waals surface area (Å²) >= 11 is 0. The Bertz CT molecular complexity index is 1180. The van der Waals surface area contributed by atoms with Gasteiger partial charge < -0.3 is 0 Å². The highest BCUT2D eigenvalue weighted by molar-refractivity contribution is 7.95. The van der Waals surface area contributed by atoms with Gasteiger partial charge in [-0.05, 0) is 61.1 Å². The average molecular weight is 429 g/mol. The summed E-state index contributed by atoms with van der Waals surface area (Å²) in [5.74, 6) is 6.14. The minimum Gasteiger partial charge on any atom is -0.218 e. The van der Waals surface area contributed by atoms with Gasteiger partial charge in [-0.2, -0.15) is 0 Å². The number of rotatable bonds is 7. The van der Waals surface area contributed by atoms with Crippen LogP contribution in [0.2, 0.25) is 0 Å². The summed E-state index contributed by atoms with van der Waals surface area (Å²) in [6, 6.07) is 26.3. The second-order valence-corrected chi connectivity index (χ2v) is 9.45. The van der Waals surface area contributed by atoms with Gasteiger partial charge in [0, 0.05) is 5.56 Å². The fourth-order valence-corrected chi connectivity index (χ4v) is 4.83. The highest BCUT2D eigenvalue weighted by atomic mass is 32.2. The van der Waals surface area contributed by atoms with E-state index in [0.717, 1.165) is 41.5 Å². The standard InChI is InChI=1S/C28H28O2S/c1-3-4-7-16-27(25-14-10-6-11-15-25)28(22-19-24-12-8-5-9-13-24)31(29,30)26-20-17-23(2)18-21-26/h5-6,8-15,17-18,20-21H,3-4,7,16H2,1-2H3/b28-27+. The molecule has 0 saturated carbocycles. The van der Waals surface area contributed by atoms with Crippen LogP contribution < -0.4 is 0 Å².